The summed E-state index contributed by atoms with van der Waals surface area (Å²) in [6, 6.07) is 4.15. The number of pyridine rings is 1. The average molecular weight is 335 g/mol. The predicted octanol–water partition coefficient (Wildman–Crippen LogP) is 4.73. The first-order chi connectivity index (χ1) is 7.22. The number of aryl methyl sites for hydroxylation is 1. The second kappa shape index (κ2) is 7.39. The molecule has 1 rings (SSSR count). The van der Waals surface area contributed by atoms with Gasteiger partial charge in [-0.25, -0.2) is 0 Å². The standard InChI is InChI=1S/C12H17Br2N/c1-2-4-10(13)5-3-6-12-8-7-11(14)9-15-12/h7-10H,2-6H2,1H3. The molecule has 0 saturated carbocycles. The molecule has 1 aromatic rings. The van der Waals surface area contributed by atoms with Gasteiger partial charge in [-0.1, -0.05) is 29.3 Å². The Morgan fingerprint density at radius 2 is 2.13 bits per heavy atom. The van der Waals surface area contributed by atoms with E-state index in [1.54, 1.807) is 0 Å². The number of hydrogen-bond donors (Lipinski definition) is 0. The minimum Gasteiger partial charge on any atom is -0.260 e. The summed E-state index contributed by atoms with van der Waals surface area (Å²) in [5, 5.41) is 0. The number of rotatable bonds is 6. The molecule has 0 aliphatic carbocycles. The van der Waals surface area contributed by atoms with Crippen LogP contribution in [0.15, 0.2) is 22.8 Å². The topological polar surface area (TPSA) is 12.9 Å². The second-order valence-corrected chi connectivity index (χ2v) is 5.96. The molecular formula is C12H17Br2N. The molecule has 0 radical (unpaired) electrons. The third kappa shape index (κ3) is 5.67. The molecule has 1 atom stereocenters. The highest BCUT2D eigenvalue weighted by Gasteiger charge is 2.02. The van der Waals surface area contributed by atoms with Crippen molar-refractivity contribution in [1.82, 2.24) is 4.98 Å². The molecule has 1 unspecified atom stereocenters. The summed E-state index contributed by atoms with van der Waals surface area (Å²) in [6.45, 7) is 2.23. The molecule has 0 amide bonds. The molecule has 0 N–H and O–H groups in total. The monoisotopic (exact) mass is 333 g/mol. The lowest BCUT2D eigenvalue weighted by Crippen LogP contribution is -1.98. The minimum atomic E-state index is 0.679. The average Bonchev–Trinajstić information content (AvgIpc) is 2.21. The zero-order valence-corrected chi connectivity index (χ0v) is 12.2. The van der Waals surface area contributed by atoms with Gasteiger partial charge < -0.3 is 0 Å². The predicted molar refractivity (Wildman–Crippen MR) is 72.5 cm³/mol. The van der Waals surface area contributed by atoms with E-state index in [2.05, 4.69) is 55.9 Å². The van der Waals surface area contributed by atoms with Crippen LogP contribution >= 0.6 is 31.9 Å². The highest BCUT2D eigenvalue weighted by molar-refractivity contribution is 9.10. The van der Waals surface area contributed by atoms with E-state index >= 15 is 0 Å². The van der Waals surface area contributed by atoms with Gasteiger partial charge in [0.05, 0.1) is 0 Å². The lowest BCUT2D eigenvalue weighted by Gasteiger charge is -2.07. The van der Waals surface area contributed by atoms with E-state index in [1.807, 2.05) is 6.20 Å². The number of halogens is 2. The van der Waals surface area contributed by atoms with Crippen molar-refractivity contribution in [2.75, 3.05) is 0 Å². The van der Waals surface area contributed by atoms with Crippen LogP contribution in [-0.2, 0) is 6.42 Å². The molecule has 0 aliphatic rings. The SMILES string of the molecule is CCCC(Br)CCCc1ccc(Br)cn1. The van der Waals surface area contributed by atoms with Crippen LogP contribution in [0.25, 0.3) is 0 Å². The first-order valence-electron chi connectivity index (χ1n) is 5.47. The summed E-state index contributed by atoms with van der Waals surface area (Å²) < 4.78 is 1.05. The van der Waals surface area contributed by atoms with Crippen molar-refractivity contribution in [3.63, 3.8) is 0 Å². The van der Waals surface area contributed by atoms with Crippen molar-refractivity contribution in [1.29, 1.82) is 0 Å². The maximum atomic E-state index is 4.36. The van der Waals surface area contributed by atoms with Gasteiger partial charge in [0, 0.05) is 21.2 Å². The Morgan fingerprint density at radius 1 is 1.33 bits per heavy atom. The Labute approximate surface area is 109 Å². The fourth-order valence-corrected chi connectivity index (χ4v) is 2.53. The fraction of sp³-hybridized carbons (Fsp3) is 0.583. The van der Waals surface area contributed by atoms with Gasteiger partial charge in [-0.2, -0.15) is 0 Å². The summed E-state index contributed by atoms with van der Waals surface area (Å²) >= 11 is 7.08. The molecule has 0 spiro atoms. The van der Waals surface area contributed by atoms with Crippen molar-refractivity contribution in [2.24, 2.45) is 0 Å². The van der Waals surface area contributed by atoms with E-state index < -0.39 is 0 Å². The molecule has 0 aromatic carbocycles. The molecular weight excluding hydrogens is 318 g/mol. The normalized spacial score (nSPS) is 12.7. The van der Waals surface area contributed by atoms with Gasteiger partial charge in [-0.3, -0.25) is 4.98 Å². The van der Waals surface area contributed by atoms with Crippen LogP contribution in [0.3, 0.4) is 0 Å². The van der Waals surface area contributed by atoms with Crippen LogP contribution in [0.2, 0.25) is 0 Å². The molecule has 15 heavy (non-hydrogen) atoms. The third-order valence-electron chi connectivity index (χ3n) is 2.34. The van der Waals surface area contributed by atoms with Gasteiger partial charge in [0.1, 0.15) is 0 Å². The molecule has 0 bridgehead atoms. The third-order valence-corrected chi connectivity index (χ3v) is 3.73. The smallest absolute Gasteiger partial charge is 0.0413 e. The van der Waals surface area contributed by atoms with Crippen LogP contribution in [0, 0.1) is 0 Å². The van der Waals surface area contributed by atoms with Crippen LogP contribution < -0.4 is 0 Å². The molecule has 1 heterocycles. The molecule has 0 fully saturated rings. The Kier molecular flexibility index (Phi) is 6.50. The van der Waals surface area contributed by atoms with Crippen molar-refractivity contribution < 1.29 is 0 Å². The van der Waals surface area contributed by atoms with Gasteiger partial charge in [0.2, 0.25) is 0 Å². The quantitative estimate of drug-likeness (QED) is 0.685. The molecule has 84 valence electrons. The van der Waals surface area contributed by atoms with E-state index in [0.717, 1.165) is 10.9 Å². The second-order valence-electron chi connectivity index (χ2n) is 3.75. The lowest BCUT2D eigenvalue weighted by atomic mass is 10.1. The fourth-order valence-electron chi connectivity index (χ4n) is 1.52. The summed E-state index contributed by atoms with van der Waals surface area (Å²) in [6.07, 6.45) is 7.93. The zero-order chi connectivity index (χ0) is 11.1. The Balaban J connectivity index is 2.22. The minimum absolute atomic E-state index is 0.679. The largest absolute Gasteiger partial charge is 0.260 e. The Hall–Kier alpha value is 0.110. The zero-order valence-electron chi connectivity index (χ0n) is 9.05. The van der Waals surface area contributed by atoms with E-state index in [4.69, 9.17) is 0 Å². The molecule has 0 saturated heterocycles. The van der Waals surface area contributed by atoms with Gasteiger partial charge in [-0.15, -0.1) is 0 Å². The highest BCUT2D eigenvalue weighted by Crippen LogP contribution is 2.16. The molecule has 1 nitrogen and oxygen atoms in total. The van der Waals surface area contributed by atoms with E-state index in [0.29, 0.717) is 4.83 Å². The Bertz CT molecular complexity index is 271. The van der Waals surface area contributed by atoms with Crippen molar-refractivity contribution in [2.45, 2.75) is 43.9 Å². The summed E-state index contributed by atoms with van der Waals surface area (Å²) in [5.74, 6) is 0. The van der Waals surface area contributed by atoms with Gasteiger partial charge in [0.15, 0.2) is 0 Å². The van der Waals surface area contributed by atoms with Crippen LogP contribution in [0.1, 0.15) is 38.3 Å². The van der Waals surface area contributed by atoms with Crippen LogP contribution in [-0.4, -0.2) is 9.81 Å². The lowest BCUT2D eigenvalue weighted by molar-refractivity contribution is 0.650. The maximum absolute atomic E-state index is 4.36. The first-order valence-corrected chi connectivity index (χ1v) is 7.17. The summed E-state index contributed by atoms with van der Waals surface area (Å²) in [5.41, 5.74) is 1.19. The van der Waals surface area contributed by atoms with Gasteiger partial charge >= 0.3 is 0 Å². The highest BCUT2D eigenvalue weighted by atomic mass is 79.9. The first kappa shape index (κ1) is 13.2. The van der Waals surface area contributed by atoms with Crippen molar-refractivity contribution >= 4 is 31.9 Å². The van der Waals surface area contributed by atoms with E-state index in [1.165, 1.54) is 31.4 Å². The number of nitrogens with zero attached hydrogens (tertiary/aromatic N) is 1. The molecule has 3 heteroatoms. The summed E-state index contributed by atoms with van der Waals surface area (Å²) in [7, 11) is 0. The number of alkyl halides is 1. The van der Waals surface area contributed by atoms with Gasteiger partial charge in [0.25, 0.3) is 0 Å². The number of hydrogen-bond acceptors (Lipinski definition) is 1. The van der Waals surface area contributed by atoms with Crippen LogP contribution in [0.5, 0.6) is 0 Å². The maximum Gasteiger partial charge on any atom is 0.0413 e. The molecule has 0 aliphatic heterocycles. The summed E-state index contributed by atoms with van der Waals surface area (Å²) in [4.78, 5) is 5.04. The number of aromatic nitrogens is 1. The van der Waals surface area contributed by atoms with Gasteiger partial charge in [-0.05, 0) is 53.7 Å². The van der Waals surface area contributed by atoms with E-state index in [-0.39, 0.29) is 0 Å². The van der Waals surface area contributed by atoms with Crippen molar-refractivity contribution in [3.8, 4) is 0 Å². The molecule has 1 aromatic heterocycles. The van der Waals surface area contributed by atoms with Crippen molar-refractivity contribution in [3.05, 3.63) is 28.5 Å². The van der Waals surface area contributed by atoms with Crippen LogP contribution in [0.4, 0.5) is 0 Å². The van der Waals surface area contributed by atoms with E-state index in [9.17, 15) is 0 Å². The Morgan fingerprint density at radius 3 is 2.73 bits per heavy atom.